The number of amides is 1. The molecule has 1 atom stereocenters. The van der Waals surface area contributed by atoms with E-state index in [2.05, 4.69) is 15.7 Å². The van der Waals surface area contributed by atoms with E-state index in [1.54, 1.807) is 23.2 Å². The molecule has 0 saturated carbocycles. The second-order valence-electron chi connectivity index (χ2n) is 6.79. The molecule has 3 aromatic rings. The number of hydrazine groups is 1. The van der Waals surface area contributed by atoms with Gasteiger partial charge in [-0.25, -0.2) is 10.4 Å². The number of nitrogens with zero attached hydrogens (tertiary/aromatic N) is 3. The predicted octanol–water partition coefficient (Wildman–Crippen LogP) is 5.59. The molecule has 2 heterocycles. The first kappa shape index (κ1) is 23.5. The van der Waals surface area contributed by atoms with Gasteiger partial charge in [0.2, 0.25) is 0 Å². The molecule has 0 aliphatic carbocycles. The third kappa shape index (κ3) is 5.48. The molecule has 1 aliphatic rings. The maximum atomic E-state index is 13.2. The first-order valence-electron chi connectivity index (χ1n) is 9.72. The van der Waals surface area contributed by atoms with Crippen molar-refractivity contribution in [3.8, 4) is 0 Å². The highest BCUT2D eigenvalue weighted by atomic mass is 35.5. The highest BCUT2D eigenvalue weighted by molar-refractivity contribution is 8.04. The van der Waals surface area contributed by atoms with Gasteiger partial charge in [0, 0.05) is 28.7 Å². The Morgan fingerprint density at radius 1 is 1.12 bits per heavy atom. The summed E-state index contributed by atoms with van der Waals surface area (Å²) in [5.74, 6) is -0.199. The van der Waals surface area contributed by atoms with Gasteiger partial charge in [-0.15, -0.1) is 0 Å². The lowest BCUT2D eigenvalue weighted by atomic mass is 10.2. The first-order chi connectivity index (χ1) is 15.9. The minimum absolute atomic E-state index is 0.0373. The number of rotatable bonds is 8. The lowest BCUT2D eigenvalue weighted by Crippen LogP contribution is -2.42. The van der Waals surface area contributed by atoms with Gasteiger partial charge >= 0.3 is 5.00 Å². The third-order valence-corrected chi connectivity index (χ3v) is 7.45. The van der Waals surface area contributed by atoms with Crippen LogP contribution in [-0.2, 0) is 4.79 Å². The van der Waals surface area contributed by atoms with Crippen LogP contribution in [0.4, 0.5) is 10.1 Å². The zero-order valence-corrected chi connectivity index (χ0v) is 20.0. The fraction of sp³-hybridized carbons (Fsp3) is 0.143. The average Bonchev–Trinajstić information content (AvgIpc) is 3.39. The summed E-state index contributed by atoms with van der Waals surface area (Å²) in [6.45, 7) is 0.776. The van der Waals surface area contributed by atoms with Gasteiger partial charge in [-0.05, 0) is 35.1 Å². The molecule has 1 aliphatic heterocycles. The van der Waals surface area contributed by atoms with Crippen LogP contribution >= 0.6 is 46.3 Å². The number of nitrogens with one attached hydrogen (secondary N) is 2. The van der Waals surface area contributed by atoms with E-state index in [4.69, 9.17) is 23.2 Å². The molecule has 33 heavy (non-hydrogen) atoms. The van der Waals surface area contributed by atoms with Crippen molar-refractivity contribution >= 4 is 68.4 Å². The van der Waals surface area contributed by atoms with Crippen molar-refractivity contribution in [2.45, 2.75) is 5.37 Å². The molecular weight excluding hydrogens is 505 g/mol. The van der Waals surface area contributed by atoms with E-state index in [1.165, 1.54) is 18.0 Å². The fourth-order valence-corrected chi connectivity index (χ4v) is 5.48. The molecule has 1 unspecified atom stereocenters. The molecule has 1 saturated heterocycles. The van der Waals surface area contributed by atoms with Gasteiger partial charge < -0.3 is 5.32 Å². The van der Waals surface area contributed by atoms with Crippen molar-refractivity contribution in [3.05, 3.63) is 90.9 Å². The summed E-state index contributed by atoms with van der Waals surface area (Å²) >= 11 is 15.0. The first-order valence-corrected chi connectivity index (χ1v) is 12.2. The minimum Gasteiger partial charge on any atom is -0.360 e. The molecule has 0 radical (unpaired) electrons. The lowest BCUT2D eigenvalue weighted by Gasteiger charge is -2.25. The minimum atomic E-state index is -0.484. The number of carbonyl (C=O) groups is 1. The van der Waals surface area contributed by atoms with Gasteiger partial charge in [0.1, 0.15) is 11.6 Å². The van der Waals surface area contributed by atoms with E-state index in [0.29, 0.717) is 33.2 Å². The number of hydrogen-bond donors (Lipinski definition) is 2. The molecule has 2 aromatic carbocycles. The van der Waals surface area contributed by atoms with E-state index in [9.17, 15) is 14.9 Å². The number of anilines is 1. The number of hydrogen-bond acceptors (Lipinski definition) is 8. The van der Waals surface area contributed by atoms with Crippen LogP contribution < -0.4 is 10.7 Å². The van der Waals surface area contributed by atoms with Crippen LogP contribution in [0.15, 0.2) is 59.6 Å². The Morgan fingerprint density at radius 3 is 2.55 bits per heavy atom. The van der Waals surface area contributed by atoms with E-state index < -0.39 is 4.92 Å². The summed E-state index contributed by atoms with van der Waals surface area (Å²) < 4.78 is 0. The summed E-state index contributed by atoms with van der Waals surface area (Å²) in [4.78, 5) is 28.1. The quantitative estimate of drug-likeness (QED) is 0.172. The zero-order valence-electron chi connectivity index (χ0n) is 16.9. The van der Waals surface area contributed by atoms with E-state index in [1.807, 2.05) is 36.4 Å². The second-order valence-corrected chi connectivity index (χ2v) is 9.74. The monoisotopic (exact) mass is 521 g/mol. The Kier molecular flexibility index (Phi) is 7.51. The molecule has 1 aromatic heterocycles. The molecule has 8 nitrogen and oxygen atoms in total. The average molecular weight is 522 g/mol. The van der Waals surface area contributed by atoms with E-state index in [-0.39, 0.29) is 16.3 Å². The SMILES string of the molecule is O=C1/C(=C/c2ccccc2Cl)SC(c2ccccc2Cl)N1NCCNc1ncc([N+](=O)[O-])s1. The Hall–Kier alpha value is -2.63. The Bertz CT molecular complexity index is 1220. The second kappa shape index (κ2) is 10.5. The van der Waals surface area contributed by atoms with Gasteiger partial charge in [-0.2, -0.15) is 0 Å². The lowest BCUT2D eigenvalue weighted by molar-refractivity contribution is -0.380. The van der Waals surface area contributed by atoms with Gasteiger partial charge in [0.15, 0.2) is 5.13 Å². The standard InChI is InChI=1S/C21H17Cl2N5O3S2/c22-15-7-3-1-5-13(15)11-17-19(29)27(20(32-17)14-6-2-4-8-16(14)23)26-10-9-24-21-25-12-18(33-21)28(30)31/h1-8,11-12,20,26H,9-10H2,(H,24,25)/b17-11-. The van der Waals surface area contributed by atoms with Crippen molar-refractivity contribution < 1.29 is 9.72 Å². The van der Waals surface area contributed by atoms with E-state index in [0.717, 1.165) is 22.5 Å². The molecule has 1 fully saturated rings. The highest BCUT2D eigenvalue weighted by Gasteiger charge is 2.38. The summed E-state index contributed by atoms with van der Waals surface area (Å²) in [5, 5.41) is 16.5. The normalized spacial score (nSPS) is 17.0. The number of halogens is 2. The third-order valence-electron chi connectivity index (χ3n) is 4.62. The van der Waals surface area contributed by atoms with Crippen molar-refractivity contribution in [2.24, 2.45) is 0 Å². The Labute approximate surface area is 207 Å². The van der Waals surface area contributed by atoms with Crippen molar-refractivity contribution in [1.29, 1.82) is 0 Å². The number of benzene rings is 2. The van der Waals surface area contributed by atoms with Crippen LogP contribution in [0.25, 0.3) is 6.08 Å². The van der Waals surface area contributed by atoms with Crippen molar-refractivity contribution in [2.75, 3.05) is 18.4 Å². The van der Waals surface area contributed by atoms with Crippen LogP contribution in [0.5, 0.6) is 0 Å². The fourth-order valence-electron chi connectivity index (χ4n) is 3.09. The number of nitro groups is 1. The highest BCUT2D eigenvalue weighted by Crippen LogP contribution is 2.47. The molecule has 170 valence electrons. The Morgan fingerprint density at radius 2 is 1.85 bits per heavy atom. The van der Waals surface area contributed by atoms with Crippen molar-refractivity contribution in [1.82, 2.24) is 15.4 Å². The van der Waals surface area contributed by atoms with Crippen LogP contribution in [0.2, 0.25) is 10.0 Å². The molecule has 1 amide bonds. The number of carbonyl (C=O) groups excluding carboxylic acids is 1. The molecule has 0 bridgehead atoms. The maximum absolute atomic E-state index is 13.2. The number of aromatic nitrogens is 1. The maximum Gasteiger partial charge on any atom is 0.345 e. The zero-order chi connectivity index (χ0) is 23.4. The molecular formula is C21H17Cl2N5O3S2. The molecule has 4 rings (SSSR count). The smallest absolute Gasteiger partial charge is 0.345 e. The number of thioether (sulfide) groups is 1. The summed E-state index contributed by atoms with van der Waals surface area (Å²) in [6.07, 6.45) is 2.98. The van der Waals surface area contributed by atoms with Crippen LogP contribution in [-0.4, -0.2) is 33.9 Å². The van der Waals surface area contributed by atoms with E-state index >= 15 is 0 Å². The van der Waals surface area contributed by atoms with Gasteiger partial charge in [0.05, 0.1) is 9.83 Å². The predicted molar refractivity (Wildman–Crippen MR) is 133 cm³/mol. The van der Waals surface area contributed by atoms with Crippen molar-refractivity contribution in [3.63, 3.8) is 0 Å². The van der Waals surface area contributed by atoms with Crippen LogP contribution in [0, 0.1) is 10.1 Å². The molecule has 12 heteroatoms. The Balaban J connectivity index is 1.50. The topological polar surface area (TPSA) is 100 Å². The number of thiazole rings is 1. The summed E-state index contributed by atoms with van der Waals surface area (Å²) in [7, 11) is 0. The van der Waals surface area contributed by atoms with Crippen LogP contribution in [0.1, 0.15) is 16.5 Å². The summed E-state index contributed by atoms with van der Waals surface area (Å²) in [6, 6.07) is 14.7. The molecule has 0 spiro atoms. The van der Waals surface area contributed by atoms with Crippen LogP contribution in [0.3, 0.4) is 0 Å². The van der Waals surface area contributed by atoms with Gasteiger partial charge in [0.25, 0.3) is 5.91 Å². The largest absolute Gasteiger partial charge is 0.360 e. The molecule has 2 N–H and O–H groups in total. The van der Waals surface area contributed by atoms with Gasteiger partial charge in [-0.1, -0.05) is 71.4 Å². The summed E-state index contributed by atoms with van der Waals surface area (Å²) in [5.41, 5.74) is 4.70. The van der Waals surface area contributed by atoms with Gasteiger partial charge in [-0.3, -0.25) is 19.9 Å².